The molecule has 1 unspecified atom stereocenters. The van der Waals surface area contributed by atoms with E-state index >= 15 is 0 Å². The van der Waals surface area contributed by atoms with Crippen LogP contribution in [0.25, 0.3) is 0 Å². The Balaban J connectivity index is 1.73. The second kappa shape index (κ2) is 7.12. The van der Waals surface area contributed by atoms with Crippen LogP contribution in [0.15, 0.2) is 35.2 Å². The molecule has 3 heterocycles. The van der Waals surface area contributed by atoms with Crippen molar-refractivity contribution in [3.8, 4) is 5.88 Å². The third-order valence-corrected chi connectivity index (χ3v) is 3.90. The van der Waals surface area contributed by atoms with Crippen molar-refractivity contribution in [2.45, 2.75) is 25.3 Å². The van der Waals surface area contributed by atoms with Gasteiger partial charge in [0.05, 0.1) is 6.04 Å². The highest BCUT2D eigenvalue weighted by Crippen LogP contribution is 2.32. The van der Waals surface area contributed by atoms with Gasteiger partial charge in [0, 0.05) is 18.8 Å². The molecular weight excluding hydrogens is 314 g/mol. The molecule has 8 nitrogen and oxygen atoms in total. The van der Waals surface area contributed by atoms with Crippen molar-refractivity contribution < 1.29 is 23.8 Å². The number of oxazole rings is 1. The van der Waals surface area contributed by atoms with Crippen LogP contribution in [0.2, 0.25) is 0 Å². The minimum absolute atomic E-state index is 0.148. The summed E-state index contributed by atoms with van der Waals surface area (Å²) < 4.78 is 10.7. The van der Waals surface area contributed by atoms with E-state index in [1.165, 1.54) is 0 Å². The lowest BCUT2D eigenvalue weighted by Crippen LogP contribution is -2.41. The van der Waals surface area contributed by atoms with Gasteiger partial charge in [-0.25, -0.2) is 14.8 Å². The lowest BCUT2D eigenvalue weighted by atomic mass is 9.98. The van der Waals surface area contributed by atoms with Crippen molar-refractivity contribution in [3.63, 3.8) is 0 Å². The first-order chi connectivity index (χ1) is 11.7. The van der Waals surface area contributed by atoms with E-state index in [0.29, 0.717) is 18.8 Å². The smallest absolute Gasteiger partial charge is 0.358 e. The quantitative estimate of drug-likeness (QED) is 0.892. The average Bonchev–Trinajstić information content (AvgIpc) is 3.10. The zero-order valence-corrected chi connectivity index (χ0v) is 12.9. The molecule has 0 saturated carbocycles. The SMILES string of the molecule is O=C(O)c1ncoc1C1CCCCN1C(=O)COc1ccccn1. The van der Waals surface area contributed by atoms with Crippen molar-refractivity contribution in [2.75, 3.05) is 13.2 Å². The molecule has 1 atom stereocenters. The molecule has 1 aliphatic heterocycles. The van der Waals surface area contributed by atoms with E-state index in [4.69, 9.17) is 9.15 Å². The van der Waals surface area contributed by atoms with Gasteiger partial charge in [-0.1, -0.05) is 6.07 Å². The highest BCUT2D eigenvalue weighted by molar-refractivity contribution is 5.87. The summed E-state index contributed by atoms with van der Waals surface area (Å²) in [4.78, 5) is 33.1. The van der Waals surface area contributed by atoms with Crippen LogP contribution in [0.3, 0.4) is 0 Å². The summed E-state index contributed by atoms with van der Waals surface area (Å²) in [6.45, 7) is 0.360. The standard InChI is InChI=1S/C16H17N3O5/c20-13(9-23-12-6-1-3-7-17-12)19-8-4-2-5-11(19)15-14(16(21)22)18-10-24-15/h1,3,6-7,10-11H,2,4-5,8-9H2,(H,21,22). The average molecular weight is 331 g/mol. The number of ether oxygens (including phenoxy) is 1. The molecule has 3 rings (SSSR count). The Hall–Kier alpha value is -2.90. The number of carboxylic acids is 1. The Bertz CT molecular complexity index is 716. The number of carbonyl (C=O) groups is 2. The van der Waals surface area contributed by atoms with Crippen molar-refractivity contribution in [1.82, 2.24) is 14.9 Å². The van der Waals surface area contributed by atoms with Crippen LogP contribution < -0.4 is 4.74 Å². The number of aromatic nitrogens is 2. The largest absolute Gasteiger partial charge is 0.476 e. The van der Waals surface area contributed by atoms with Crippen molar-refractivity contribution in [2.24, 2.45) is 0 Å². The topological polar surface area (TPSA) is 106 Å². The molecule has 2 aromatic heterocycles. The fourth-order valence-corrected chi connectivity index (χ4v) is 2.81. The number of nitrogens with zero attached hydrogens (tertiary/aromatic N) is 3. The zero-order valence-electron chi connectivity index (χ0n) is 12.9. The monoisotopic (exact) mass is 331 g/mol. The fraction of sp³-hybridized carbons (Fsp3) is 0.375. The van der Waals surface area contributed by atoms with Crippen molar-refractivity contribution >= 4 is 11.9 Å². The van der Waals surface area contributed by atoms with Crippen LogP contribution in [0.1, 0.15) is 41.6 Å². The van der Waals surface area contributed by atoms with E-state index in [0.717, 1.165) is 19.2 Å². The Kier molecular flexibility index (Phi) is 4.74. The van der Waals surface area contributed by atoms with Gasteiger partial charge in [0.15, 0.2) is 24.5 Å². The van der Waals surface area contributed by atoms with Gasteiger partial charge in [-0.2, -0.15) is 0 Å². The van der Waals surface area contributed by atoms with Gasteiger partial charge in [-0.05, 0) is 25.3 Å². The molecule has 0 bridgehead atoms. The summed E-state index contributed by atoms with van der Waals surface area (Å²) in [6, 6.07) is 4.75. The van der Waals surface area contributed by atoms with E-state index in [-0.39, 0.29) is 24.0 Å². The number of likely N-dealkylation sites (tertiary alicyclic amines) is 1. The highest BCUT2D eigenvalue weighted by atomic mass is 16.5. The van der Waals surface area contributed by atoms with Crippen LogP contribution >= 0.6 is 0 Å². The summed E-state index contributed by atoms with van der Waals surface area (Å²) in [5, 5.41) is 9.20. The van der Waals surface area contributed by atoms with Gasteiger partial charge in [0.25, 0.3) is 5.91 Å². The first-order valence-electron chi connectivity index (χ1n) is 7.67. The molecule has 1 fully saturated rings. The summed E-state index contributed by atoms with van der Waals surface area (Å²) in [5.74, 6) is -0.821. The second-order valence-corrected chi connectivity index (χ2v) is 5.43. The molecule has 24 heavy (non-hydrogen) atoms. The molecule has 126 valence electrons. The summed E-state index contributed by atoms with van der Waals surface area (Å²) >= 11 is 0. The number of carbonyl (C=O) groups excluding carboxylic acids is 1. The number of piperidine rings is 1. The van der Waals surface area contributed by atoms with E-state index in [1.54, 1.807) is 29.3 Å². The van der Waals surface area contributed by atoms with Crippen LogP contribution in [0, 0.1) is 0 Å². The number of hydrogen-bond donors (Lipinski definition) is 1. The van der Waals surface area contributed by atoms with E-state index < -0.39 is 12.0 Å². The first kappa shape index (κ1) is 16.0. The predicted octanol–water partition coefficient (Wildman–Crippen LogP) is 1.90. The summed E-state index contributed by atoms with van der Waals surface area (Å²) in [6.07, 6.45) is 5.04. The van der Waals surface area contributed by atoms with Crippen LogP contribution in [0.4, 0.5) is 0 Å². The molecule has 0 radical (unpaired) electrons. The Morgan fingerprint density at radius 1 is 1.33 bits per heavy atom. The minimum atomic E-state index is -1.17. The highest BCUT2D eigenvalue weighted by Gasteiger charge is 2.34. The van der Waals surface area contributed by atoms with Gasteiger partial charge in [0.2, 0.25) is 5.88 Å². The Morgan fingerprint density at radius 3 is 2.96 bits per heavy atom. The molecule has 0 aliphatic carbocycles. The van der Waals surface area contributed by atoms with Gasteiger partial charge in [-0.15, -0.1) is 0 Å². The number of hydrogen-bond acceptors (Lipinski definition) is 6. The molecule has 8 heteroatoms. The van der Waals surface area contributed by atoms with Crippen LogP contribution in [-0.2, 0) is 4.79 Å². The molecule has 1 N–H and O–H groups in total. The first-order valence-corrected chi connectivity index (χ1v) is 7.67. The van der Waals surface area contributed by atoms with Gasteiger partial charge in [0.1, 0.15) is 0 Å². The number of aromatic carboxylic acids is 1. The maximum absolute atomic E-state index is 12.5. The predicted molar refractivity (Wildman–Crippen MR) is 81.5 cm³/mol. The number of rotatable bonds is 5. The molecule has 1 saturated heterocycles. The Labute approximate surface area is 138 Å². The molecular formula is C16H17N3O5. The molecule has 0 aromatic carbocycles. The van der Waals surface area contributed by atoms with Crippen LogP contribution in [-0.4, -0.2) is 45.0 Å². The van der Waals surface area contributed by atoms with Gasteiger partial charge in [-0.3, -0.25) is 4.79 Å². The normalized spacial score (nSPS) is 17.5. The van der Waals surface area contributed by atoms with E-state index in [2.05, 4.69) is 9.97 Å². The lowest BCUT2D eigenvalue weighted by Gasteiger charge is -2.34. The van der Waals surface area contributed by atoms with Gasteiger partial charge < -0.3 is 19.2 Å². The fourth-order valence-electron chi connectivity index (χ4n) is 2.81. The van der Waals surface area contributed by atoms with Gasteiger partial charge >= 0.3 is 5.97 Å². The maximum Gasteiger partial charge on any atom is 0.358 e. The van der Waals surface area contributed by atoms with E-state index in [1.807, 2.05) is 0 Å². The third-order valence-electron chi connectivity index (χ3n) is 3.90. The minimum Gasteiger partial charge on any atom is -0.476 e. The van der Waals surface area contributed by atoms with E-state index in [9.17, 15) is 14.7 Å². The Morgan fingerprint density at radius 2 is 2.21 bits per heavy atom. The second-order valence-electron chi connectivity index (χ2n) is 5.43. The van der Waals surface area contributed by atoms with Crippen molar-refractivity contribution in [1.29, 1.82) is 0 Å². The number of carboxylic acid groups (broad SMARTS) is 1. The van der Waals surface area contributed by atoms with Crippen LogP contribution in [0.5, 0.6) is 5.88 Å². The summed E-state index contributed by atoms with van der Waals surface area (Å²) in [5.41, 5.74) is -0.148. The maximum atomic E-state index is 12.5. The summed E-state index contributed by atoms with van der Waals surface area (Å²) in [7, 11) is 0. The molecule has 1 aliphatic rings. The lowest BCUT2D eigenvalue weighted by molar-refractivity contribution is -0.137. The van der Waals surface area contributed by atoms with Crippen molar-refractivity contribution in [3.05, 3.63) is 42.2 Å². The molecule has 2 aromatic rings. The number of pyridine rings is 1. The molecule has 0 spiro atoms. The third kappa shape index (κ3) is 3.37. The molecule has 1 amide bonds. The number of amides is 1. The zero-order chi connectivity index (χ0) is 16.9.